The van der Waals surface area contributed by atoms with Gasteiger partial charge in [-0.2, -0.15) is 13.2 Å². The lowest BCUT2D eigenvalue weighted by molar-refractivity contribution is -0.137. The van der Waals surface area contributed by atoms with Gasteiger partial charge in [0.2, 0.25) is 0 Å². The summed E-state index contributed by atoms with van der Waals surface area (Å²) in [6.45, 7) is 1.89. The van der Waals surface area contributed by atoms with Gasteiger partial charge in [0.25, 0.3) is 0 Å². The molecule has 0 aliphatic carbocycles. The Balaban J connectivity index is 2.84. The standard InChI is InChI=1S/C10H12F3NS/c1-2-9(14)15-8-5-3-4-7(6-8)10(11,12)13/h3-6,9H,2,14H2,1H3. The van der Waals surface area contributed by atoms with Gasteiger partial charge < -0.3 is 5.73 Å². The Morgan fingerprint density at radius 3 is 2.60 bits per heavy atom. The van der Waals surface area contributed by atoms with Crippen LogP contribution >= 0.6 is 11.8 Å². The van der Waals surface area contributed by atoms with E-state index in [1.807, 2.05) is 6.92 Å². The van der Waals surface area contributed by atoms with Crippen molar-refractivity contribution in [1.82, 2.24) is 0 Å². The highest BCUT2D eigenvalue weighted by molar-refractivity contribution is 7.99. The van der Waals surface area contributed by atoms with E-state index < -0.39 is 11.7 Å². The largest absolute Gasteiger partial charge is 0.416 e. The van der Waals surface area contributed by atoms with E-state index in [4.69, 9.17) is 5.73 Å². The maximum absolute atomic E-state index is 12.3. The van der Waals surface area contributed by atoms with Gasteiger partial charge in [0, 0.05) is 4.90 Å². The quantitative estimate of drug-likeness (QED) is 0.641. The molecule has 0 saturated carbocycles. The predicted octanol–water partition coefficient (Wildman–Crippen LogP) is 3.49. The molecule has 1 aromatic rings. The summed E-state index contributed by atoms with van der Waals surface area (Å²) in [7, 11) is 0. The molecule has 0 fully saturated rings. The Bertz CT molecular complexity index is 325. The fourth-order valence-corrected chi connectivity index (χ4v) is 1.87. The van der Waals surface area contributed by atoms with Crippen molar-refractivity contribution in [3.05, 3.63) is 29.8 Å². The molecule has 1 aromatic carbocycles. The summed E-state index contributed by atoms with van der Waals surface area (Å²) in [5.74, 6) is 0. The zero-order valence-electron chi connectivity index (χ0n) is 8.21. The van der Waals surface area contributed by atoms with Crippen molar-refractivity contribution in [2.24, 2.45) is 5.73 Å². The Hall–Kier alpha value is -0.680. The highest BCUT2D eigenvalue weighted by Gasteiger charge is 2.30. The smallest absolute Gasteiger partial charge is 0.319 e. The zero-order chi connectivity index (χ0) is 11.5. The lowest BCUT2D eigenvalue weighted by Crippen LogP contribution is -2.13. The van der Waals surface area contributed by atoms with Crippen LogP contribution in [0.15, 0.2) is 29.2 Å². The SMILES string of the molecule is CCC(N)Sc1cccc(C(F)(F)F)c1. The molecular weight excluding hydrogens is 223 g/mol. The molecule has 0 saturated heterocycles. The molecular formula is C10H12F3NS. The van der Waals surface area contributed by atoms with Crippen LogP contribution in [0.4, 0.5) is 13.2 Å². The van der Waals surface area contributed by atoms with Crippen LogP contribution in [0.2, 0.25) is 0 Å². The first-order chi connectivity index (χ1) is 6.93. The molecule has 0 amide bonds. The number of halogens is 3. The second-order valence-electron chi connectivity index (χ2n) is 3.09. The van der Waals surface area contributed by atoms with Crippen molar-refractivity contribution in [1.29, 1.82) is 0 Å². The van der Waals surface area contributed by atoms with Crippen molar-refractivity contribution < 1.29 is 13.2 Å². The Kier molecular flexibility index (Phi) is 4.04. The highest BCUT2D eigenvalue weighted by Crippen LogP contribution is 2.32. The minimum Gasteiger partial charge on any atom is -0.319 e. The van der Waals surface area contributed by atoms with Crippen LogP contribution in [-0.4, -0.2) is 5.37 Å². The highest BCUT2D eigenvalue weighted by atomic mass is 32.2. The molecule has 0 aliphatic heterocycles. The minimum atomic E-state index is -4.28. The van der Waals surface area contributed by atoms with Gasteiger partial charge in [-0.05, 0) is 24.6 Å². The van der Waals surface area contributed by atoms with Gasteiger partial charge in [0.1, 0.15) is 0 Å². The first-order valence-electron chi connectivity index (χ1n) is 4.53. The van der Waals surface area contributed by atoms with Gasteiger partial charge in [-0.1, -0.05) is 13.0 Å². The topological polar surface area (TPSA) is 26.0 Å². The monoisotopic (exact) mass is 235 g/mol. The molecule has 15 heavy (non-hydrogen) atoms. The number of nitrogens with two attached hydrogens (primary N) is 1. The normalized spacial score (nSPS) is 13.9. The second kappa shape index (κ2) is 4.90. The summed E-state index contributed by atoms with van der Waals surface area (Å²) < 4.78 is 37.0. The number of hydrogen-bond acceptors (Lipinski definition) is 2. The number of benzene rings is 1. The zero-order valence-corrected chi connectivity index (χ0v) is 9.03. The third-order valence-electron chi connectivity index (χ3n) is 1.85. The summed E-state index contributed by atoms with van der Waals surface area (Å²) in [6, 6.07) is 5.21. The van der Waals surface area contributed by atoms with Crippen LogP contribution in [-0.2, 0) is 6.18 Å². The van der Waals surface area contributed by atoms with E-state index in [0.717, 1.165) is 18.6 Å². The summed E-state index contributed by atoms with van der Waals surface area (Å²) in [5, 5.41) is -0.159. The van der Waals surface area contributed by atoms with Crippen LogP contribution in [0.1, 0.15) is 18.9 Å². The first-order valence-corrected chi connectivity index (χ1v) is 5.41. The number of rotatable bonds is 3. The molecule has 0 heterocycles. The molecule has 5 heteroatoms. The van der Waals surface area contributed by atoms with Crippen LogP contribution < -0.4 is 5.73 Å². The maximum Gasteiger partial charge on any atom is 0.416 e. The van der Waals surface area contributed by atoms with Gasteiger partial charge in [0.05, 0.1) is 10.9 Å². The lowest BCUT2D eigenvalue weighted by Gasteiger charge is -2.11. The molecule has 1 unspecified atom stereocenters. The van der Waals surface area contributed by atoms with Crippen molar-refractivity contribution in [2.75, 3.05) is 0 Å². The second-order valence-corrected chi connectivity index (χ2v) is 4.40. The predicted molar refractivity (Wildman–Crippen MR) is 55.6 cm³/mol. The van der Waals surface area contributed by atoms with Gasteiger partial charge in [-0.25, -0.2) is 0 Å². The summed E-state index contributed by atoms with van der Waals surface area (Å²) in [5.41, 5.74) is 5.02. The van der Waals surface area contributed by atoms with Crippen molar-refractivity contribution in [2.45, 2.75) is 29.8 Å². The van der Waals surface area contributed by atoms with E-state index in [9.17, 15) is 13.2 Å². The fraction of sp³-hybridized carbons (Fsp3) is 0.400. The third kappa shape index (κ3) is 3.76. The molecule has 0 bridgehead atoms. The minimum absolute atomic E-state index is 0.159. The van der Waals surface area contributed by atoms with Crippen LogP contribution in [0, 0.1) is 0 Å². The van der Waals surface area contributed by atoms with E-state index >= 15 is 0 Å². The van der Waals surface area contributed by atoms with Crippen molar-refractivity contribution in [3.8, 4) is 0 Å². The van der Waals surface area contributed by atoms with Gasteiger partial charge in [0.15, 0.2) is 0 Å². The van der Waals surface area contributed by atoms with Crippen LogP contribution in [0.3, 0.4) is 0 Å². The number of alkyl halides is 3. The molecule has 84 valence electrons. The molecule has 2 N–H and O–H groups in total. The molecule has 1 atom stereocenters. The number of hydrogen-bond donors (Lipinski definition) is 1. The first kappa shape index (κ1) is 12.4. The van der Waals surface area contributed by atoms with Crippen LogP contribution in [0.5, 0.6) is 0 Å². The summed E-state index contributed by atoms with van der Waals surface area (Å²) in [4.78, 5) is 0.555. The summed E-state index contributed by atoms with van der Waals surface area (Å²) >= 11 is 1.25. The van der Waals surface area contributed by atoms with Gasteiger partial charge >= 0.3 is 6.18 Å². The molecule has 0 aromatic heterocycles. The van der Waals surface area contributed by atoms with E-state index in [1.165, 1.54) is 17.8 Å². The number of thioether (sulfide) groups is 1. The fourth-order valence-electron chi connectivity index (χ4n) is 1.00. The van der Waals surface area contributed by atoms with Crippen LogP contribution in [0.25, 0.3) is 0 Å². The van der Waals surface area contributed by atoms with Crippen molar-refractivity contribution >= 4 is 11.8 Å². The average molecular weight is 235 g/mol. The average Bonchev–Trinajstić information content (AvgIpc) is 2.17. The lowest BCUT2D eigenvalue weighted by atomic mass is 10.2. The van der Waals surface area contributed by atoms with Gasteiger partial charge in [-0.3, -0.25) is 0 Å². The molecule has 0 spiro atoms. The Labute approximate surface area is 90.9 Å². The molecule has 1 rings (SSSR count). The third-order valence-corrected chi connectivity index (χ3v) is 3.01. The van der Waals surface area contributed by atoms with Crippen molar-refractivity contribution in [3.63, 3.8) is 0 Å². The maximum atomic E-state index is 12.3. The van der Waals surface area contributed by atoms with E-state index in [2.05, 4.69) is 0 Å². The van der Waals surface area contributed by atoms with E-state index in [1.54, 1.807) is 6.07 Å². The Morgan fingerprint density at radius 2 is 2.07 bits per heavy atom. The Morgan fingerprint density at radius 1 is 1.40 bits per heavy atom. The summed E-state index contributed by atoms with van der Waals surface area (Å²) in [6.07, 6.45) is -3.56. The molecule has 1 nitrogen and oxygen atoms in total. The van der Waals surface area contributed by atoms with E-state index in [-0.39, 0.29) is 5.37 Å². The molecule has 0 radical (unpaired) electrons. The molecule has 0 aliphatic rings. The van der Waals surface area contributed by atoms with Gasteiger partial charge in [-0.15, -0.1) is 11.8 Å². The van der Waals surface area contributed by atoms with E-state index in [0.29, 0.717) is 4.90 Å².